The average Bonchev–Trinajstić information content (AvgIpc) is 2.85. The summed E-state index contributed by atoms with van der Waals surface area (Å²) in [5.41, 5.74) is 3.39. The molecule has 0 radical (unpaired) electrons. The fourth-order valence-corrected chi connectivity index (χ4v) is 5.87. The Kier molecular flexibility index (Phi) is 6.38. The molecule has 1 unspecified atom stereocenters. The van der Waals surface area contributed by atoms with Crippen molar-refractivity contribution >= 4 is 23.4 Å². The molecule has 0 fully saturated rings. The van der Waals surface area contributed by atoms with Crippen molar-refractivity contribution in [2.75, 3.05) is 19.5 Å². The van der Waals surface area contributed by atoms with Gasteiger partial charge in [0.1, 0.15) is 5.82 Å². The van der Waals surface area contributed by atoms with Crippen LogP contribution in [-0.4, -0.2) is 30.0 Å². The number of benzene rings is 2. The number of fused-ring (bicyclic) bond motifs is 1. The van der Waals surface area contributed by atoms with E-state index in [4.69, 9.17) is 14.5 Å². The number of hydrogen-bond acceptors (Lipinski definition) is 7. The number of nitrogens with one attached hydrogen (secondary N) is 2. The number of Topliss-reactive ketones (excluding diaryl/α,β-unsaturated/α-hetero) is 1. The molecule has 36 heavy (non-hydrogen) atoms. The quantitative estimate of drug-likeness (QED) is 0.349. The second kappa shape index (κ2) is 9.50. The molecule has 5 rings (SSSR count). The van der Waals surface area contributed by atoms with Gasteiger partial charge < -0.3 is 19.8 Å². The highest BCUT2D eigenvalue weighted by molar-refractivity contribution is 7.98. The number of nitrogens with zero attached hydrogens (tertiary/aromatic N) is 1. The van der Waals surface area contributed by atoms with Crippen LogP contribution in [0.2, 0.25) is 0 Å². The van der Waals surface area contributed by atoms with Crippen LogP contribution in [0, 0.1) is 5.41 Å². The van der Waals surface area contributed by atoms with Crippen molar-refractivity contribution in [2.45, 2.75) is 43.5 Å². The minimum Gasteiger partial charge on any atom is -0.493 e. The number of allylic oxidation sites excluding steroid dienone is 2. The molecule has 1 aromatic heterocycles. The number of aromatic amines is 1. The van der Waals surface area contributed by atoms with Crippen LogP contribution in [0.4, 0.5) is 5.82 Å². The number of thioether (sulfide) groups is 1. The molecule has 2 N–H and O–H groups in total. The standard InChI is InChI=1S/C28H29N3O4S/c1-28(2)13-18-23(19(32)14-28)22(17-10-11-20(34-3)21(12-17)35-4)24-25(29-18)30-27(31-26(24)33)36-15-16-8-6-5-7-9-16/h5-12,22H,13-15H2,1-4H3,(H2,29,30,31,33). The topological polar surface area (TPSA) is 93.3 Å². The number of ether oxygens (including phenoxy) is 2. The van der Waals surface area contributed by atoms with Gasteiger partial charge in [0.2, 0.25) is 0 Å². The number of rotatable bonds is 6. The Labute approximate surface area is 214 Å². The molecule has 0 spiro atoms. The van der Waals surface area contributed by atoms with Crippen LogP contribution >= 0.6 is 11.8 Å². The first-order valence-corrected chi connectivity index (χ1v) is 12.8. The summed E-state index contributed by atoms with van der Waals surface area (Å²) in [4.78, 5) is 34.7. The van der Waals surface area contributed by atoms with Gasteiger partial charge >= 0.3 is 0 Å². The maximum Gasteiger partial charge on any atom is 0.257 e. The summed E-state index contributed by atoms with van der Waals surface area (Å²) in [6.45, 7) is 4.17. The van der Waals surface area contributed by atoms with Gasteiger partial charge in [0, 0.05) is 29.4 Å². The smallest absolute Gasteiger partial charge is 0.257 e. The Hall–Kier alpha value is -3.52. The van der Waals surface area contributed by atoms with Crippen molar-refractivity contribution in [2.24, 2.45) is 5.41 Å². The van der Waals surface area contributed by atoms with Gasteiger partial charge in [0.05, 0.1) is 19.8 Å². The summed E-state index contributed by atoms with van der Waals surface area (Å²) in [6.07, 6.45) is 1.11. The lowest BCUT2D eigenvalue weighted by Gasteiger charge is -2.38. The number of H-pyrrole nitrogens is 1. The molecule has 1 aliphatic heterocycles. The second-order valence-electron chi connectivity index (χ2n) is 9.91. The first-order chi connectivity index (χ1) is 17.3. The molecule has 1 aliphatic carbocycles. The van der Waals surface area contributed by atoms with Crippen LogP contribution < -0.4 is 20.3 Å². The minimum absolute atomic E-state index is 0.0427. The van der Waals surface area contributed by atoms with Crippen molar-refractivity contribution in [3.8, 4) is 11.5 Å². The first kappa shape index (κ1) is 24.2. The zero-order valence-electron chi connectivity index (χ0n) is 20.8. The van der Waals surface area contributed by atoms with Gasteiger partial charge in [-0.3, -0.25) is 9.59 Å². The van der Waals surface area contributed by atoms with Crippen LogP contribution in [0.3, 0.4) is 0 Å². The van der Waals surface area contributed by atoms with E-state index in [0.29, 0.717) is 52.2 Å². The molecule has 2 aromatic carbocycles. The third-order valence-electron chi connectivity index (χ3n) is 6.66. The maximum absolute atomic E-state index is 13.5. The Morgan fingerprint density at radius 1 is 1.03 bits per heavy atom. The molecule has 0 amide bonds. The lowest BCUT2D eigenvalue weighted by atomic mass is 9.69. The van der Waals surface area contributed by atoms with Gasteiger partial charge in [-0.1, -0.05) is 62.0 Å². The third kappa shape index (κ3) is 4.53. The lowest BCUT2D eigenvalue weighted by Crippen LogP contribution is -2.37. The van der Waals surface area contributed by atoms with Crippen LogP contribution in [0.1, 0.15) is 49.3 Å². The van der Waals surface area contributed by atoms with Crippen LogP contribution in [0.15, 0.2) is 69.8 Å². The van der Waals surface area contributed by atoms with E-state index < -0.39 is 5.92 Å². The minimum atomic E-state index is -0.552. The molecule has 1 atom stereocenters. The van der Waals surface area contributed by atoms with E-state index in [1.54, 1.807) is 20.3 Å². The van der Waals surface area contributed by atoms with Gasteiger partial charge in [-0.2, -0.15) is 0 Å². The van der Waals surface area contributed by atoms with Gasteiger partial charge in [-0.25, -0.2) is 4.98 Å². The highest BCUT2D eigenvalue weighted by atomic mass is 32.2. The summed E-state index contributed by atoms with van der Waals surface area (Å²) in [7, 11) is 3.15. The first-order valence-electron chi connectivity index (χ1n) is 11.9. The largest absolute Gasteiger partial charge is 0.493 e. The zero-order valence-corrected chi connectivity index (χ0v) is 21.6. The molecule has 0 bridgehead atoms. The number of anilines is 1. The molecule has 0 saturated heterocycles. The monoisotopic (exact) mass is 503 g/mol. The molecule has 3 aromatic rings. The predicted octanol–water partition coefficient (Wildman–Crippen LogP) is 5.28. The second-order valence-corrected chi connectivity index (χ2v) is 10.9. The van der Waals surface area contributed by atoms with E-state index in [2.05, 4.69) is 24.1 Å². The number of methoxy groups -OCH3 is 2. The van der Waals surface area contributed by atoms with Crippen molar-refractivity contribution in [1.29, 1.82) is 0 Å². The fourth-order valence-electron chi connectivity index (χ4n) is 5.05. The summed E-state index contributed by atoms with van der Waals surface area (Å²) in [5.74, 6) is 1.80. The Balaban J connectivity index is 1.62. The normalized spacial score (nSPS) is 18.2. The van der Waals surface area contributed by atoms with Crippen LogP contribution in [0.5, 0.6) is 11.5 Å². The Bertz CT molecular complexity index is 1410. The molecule has 186 valence electrons. The summed E-state index contributed by atoms with van der Waals surface area (Å²) in [5, 5.41) is 3.91. The van der Waals surface area contributed by atoms with Gasteiger partial charge in [-0.15, -0.1) is 0 Å². The summed E-state index contributed by atoms with van der Waals surface area (Å²) in [6, 6.07) is 15.6. The van der Waals surface area contributed by atoms with E-state index >= 15 is 0 Å². The summed E-state index contributed by atoms with van der Waals surface area (Å²) < 4.78 is 10.9. The zero-order chi connectivity index (χ0) is 25.4. The van der Waals surface area contributed by atoms with Gasteiger partial charge in [-0.05, 0) is 35.1 Å². The highest BCUT2D eigenvalue weighted by Crippen LogP contribution is 2.48. The molecule has 2 heterocycles. The van der Waals surface area contributed by atoms with Crippen molar-refractivity contribution in [1.82, 2.24) is 9.97 Å². The Morgan fingerprint density at radius 3 is 2.50 bits per heavy atom. The van der Waals surface area contributed by atoms with E-state index in [-0.39, 0.29) is 16.8 Å². The van der Waals surface area contributed by atoms with Crippen LogP contribution in [0.25, 0.3) is 0 Å². The molecule has 7 nitrogen and oxygen atoms in total. The number of ketones is 1. The number of carbonyl (C=O) groups is 1. The van der Waals surface area contributed by atoms with E-state index in [1.807, 2.05) is 42.5 Å². The maximum atomic E-state index is 13.5. The lowest BCUT2D eigenvalue weighted by molar-refractivity contribution is -0.118. The molecule has 2 aliphatic rings. The number of carbonyl (C=O) groups excluding carboxylic acids is 1. The Morgan fingerprint density at radius 2 is 1.78 bits per heavy atom. The SMILES string of the molecule is COc1ccc(C2C3=C(CC(C)(C)CC3=O)Nc3nc(SCc4ccccc4)[nH]c(=O)c32)cc1OC. The van der Waals surface area contributed by atoms with Crippen molar-refractivity contribution in [3.05, 3.63) is 86.8 Å². The molecular weight excluding hydrogens is 474 g/mol. The molecule has 0 saturated carbocycles. The number of aromatic nitrogens is 2. The fraction of sp³-hybridized carbons (Fsp3) is 0.321. The van der Waals surface area contributed by atoms with Gasteiger partial charge in [0.25, 0.3) is 5.56 Å². The van der Waals surface area contributed by atoms with Crippen molar-refractivity contribution < 1.29 is 14.3 Å². The highest BCUT2D eigenvalue weighted by Gasteiger charge is 2.42. The third-order valence-corrected chi connectivity index (χ3v) is 7.60. The predicted molar refractivity (Wildman–Crippen MR) is 141 cm³/mol. The van der Waals surface area contributed by atoms with Crippen LogP contribution in [-0.2, 0) is 10.5 Å². The summed E-state index contributed by atoms with van der Waals surface area (Å²) >= 11 is 1.47. The van der Waals surface area contributed by atoms with Crippen molar-refractivity contribution in [3.63, 3.8) is 0 Å². The van der Waals surface area contributed by atoms with E-state index in [0.717, 1.165) is 16.8 Å². The average molecular weight is 504 g/mol. The van der Waals surface area contributed by atoms with E-state index in [1.165, 1.54) is 11.8 Å². The van der Waals surface area contributed by atoms with Gasteiger partial charge in [0.15, 0.2) is 22.4 Å². The number of hydrogen-bond donors (Lipinski definition) is 2. The molecule has 8 heteroatoms. The van der Waals surface area contributed by atoms with E-state index in [9.17, 15) is 9.59 Å². The molecular formula is C28H29N3O4S.